The van der Waals surface area contributed by atoms with E-state index < -0.39 is 0 Å². The number of ether oxygens (including phenoxy) is 1. The number of carbonyl (C=O) groups excluding carboxylic acids is 1. The highest BCUT2D eigenvalue weighted by Crippen LogP contribution is 2.35. The number of rotatable bonds is 5. The molecule has 0 aliphatic carbocycles. The van der Waals surface area contributed by atoms with Gasteiger partial charge in [0.1, 0.15) is 11.4 Å². The first-order chi connectivity index (χ1) is 11.0. The predicted molar refractivity (Wildman–Crippen MR) is 89.3 cm³/mol. The Morgan fingerprint density at radius 3 is 2.96 bits per heavy atom. The van der Waals surface area contributed by atoms with Crippen LogP contribution in [-0.2, 0) is 24.2 Å². The number of pyridine rings is 1. The fourth-order valence-corrected chi connectivity index (χ4v) is 2.87. The standard InChI is InChI=1S/C19H22N2O2/c1-19(2)11-16-10-15(5-7-17(16)23-19)13-21-18(22)8-6-14-4-3-9-20-12-14/h3-5,7,9-10,12H,6,8,11,13H2,1-2H3,(H,21,22). The van der Waals surface area contributed by atoms with Crippen LogP contribution in [0, 0.1) is 0 Å². The van der Waals surface area contributed by atoms with Crippen LogP contribution in [0.2, 0.25) is 0 Å². The summed E-state index contributed by atoms with van der Waals surface area (Å²) in [6, 6.07) is 10.0. The molecular weight excluding hydrogens is 288 g/mol. The van der Waals surface area contributed by atoms with Crippen molar-refractivity contribution in [1.29, 1.82) is 0 Å². The van der Waals surface area contributed by atoms with Gasteiger partial charge in [0.05, 0.1) is 0 Å². The molecule has 0 radical (unpaired) electrons. The highest BCUT2D eigenvalue weighted by Gasteiger charge is 2.29. The number of aromatic nitrogens is 1. The zero-order valence-electron chi connectivity index (χ0n) is 13.6. The van der Waals surface area contributed by atoms with Crippen molar-refractivity contribution in [3.8, 4) is 5.75 Å². The van der Waals surface area contributed by atoms with Gasteiger partial charge >= 0.3 is 0 Å². The zero-order chi connectivity index (χ0) is 16.3. The molecular formula is C19H22N2O2. The lowest BCUT2D eigenvalue weighted by molar-refractivity contribution is -0.121. The van der Waals surface area contributed by atoms with E-state index in [1.807, 2.05) is 24.3 Å². The largest absolute Gasteiger partial charge is 0.487 e. The molecule has 1 aliphatic heterocycles. The number of nitrogens with zero attached hydrogens (tertiary/aromatic N) is 1. The van der Waals surface area contributed by atoms with Gasteiger partial charge in [-0.1, -0.05) is 18.2 Å². The first-order valence-corrected chi connectivity index (χ1v) is 7.98. The minimum atomic E-state index is -0.131. The van der Waals surface area contributed by atoms with Crippen molar-refractivity contribution >= 4 is 5.91 Å². The summed E-state index contributed by atoms with van der Waals surface area (Å²) in [5, 5.41) is 2.98. The van der Waals surface area contributed by atoms with Crippen LogP contribution in [0.3, 0.4) is 0 Å². The Morgan fingerprint density at radius 2 is 2.17 bits per heavy atom. The fraction of sp³-hybridized carbons (Fsp3) is 0.368. The fourth-order valence-electron chi connectivity index (χ4n) is 2.87. The molecule has 0 bridgehead atoms. The third kappa shape index (κ3) is 4.09. The SMILES string of the molecule is CC1(C)Cc2cc(CNC(=O)CCc3cccnc3)ccc2O1. The Kier molecular flexibility index (Phi) is 4.33. The second-order valence-corrected chi connectivity index (χ2v) is 6.62. The van der Waals surface area contributed by atoms with E-state index in [0.717, 1.165) is 23.3 Å². The summed E-state index contributed by atoms with van der Waals surface area (Å²) < 4.78 is 5.87. The highest BCUT2D eigenvalue weighted by atomic mass is 16.5. The van der Waals surface area contributed by atoms with Crippen LogP contribution in [0.1, 0.15) is 37.0 Å². The smallest absolute Gasteiger partial charge is 0.220 e. The van der Waals surface area contributed by atoms with E-state index in [-0.39, 0.29) is 11.5 Å². The van der Waals surface area contributed by atoms with Crippen LogP contribution in [0.4, 0.5) is 0 Å². The number of nitrogens with one attached hydrogen (secondary N) is 1. The lowest BCUT2D eigenvalue weighted by Crippen LogP contribution is -2.24. The summed E-state index contributed by atoms with van der Waals surface area (Å²) >= 11 is 0. The Balaban J connectivity index is 1.50. The quantitative estimate of drug-likeness (QED) is 0.923. The number of benzene rings is 1. The zero-order valence-corrected chi connectivity index (χ0v) is 13.6. The minimum Gasteiger partial charge on any atom is -0.487 e. The van der Waals surface area contributed by atoms with Crippen molar-refractivity contribution in [2.45, 2.75) is 45.3 Å². The number of aryl methyl sites for hydroxylation is 1. The van der Waals surface area contributed by atoms with E-state index in [0.29, 0.717) is 19.4 Å². The van der Waals surface area contributed by atoms with Crippen LogP contribution < -0.4 is 10.1 Å². The number of amides is 1. The van der Waals surface area contributed by atoms with Gasteiger partial charge in [0.25, 0.3) is 0 Å². The Hall–Kier alpha value is -2.36. The summed E-state index contributed by atoms with van der Waals surface area (Å²) in [6.07, 6.45) is 5.64. The molecule has 0 spiro atoms. The van der Waals surface area contributed by atoms with Gasteiger partial charge in [-0.2, -0.15) is 0 Å². The molecule has 1 aromatic carbocycles. The first kappa shape index (κ1) is 15.5. The summed E-state index contributed by atoms with van der Waals surface area (Å²) in [7, 11) is 0. The van der Waals surface area contributed by atoms with Crippen LogP contribution in [-0.4, -0.2) is 16.5 Å². The van der Waals surface area contributed by atoms with E-state index in [4.69, 9.17) is 4.74 Å². The molecule has 0 fully saturated rings. The molecule has 1 aromatic heterocycles. The van der Waals surface area contributed by atoms with Crippen molar-refractivity contribution in [2.24, 2.45) is 0 Å². The number of hydrogen-bond donors (Lipinski definition) is 1. The van der Waals surface area contributed by atoms with Crippen LogP contribution in [0.25, 0.3) is 0 Å². The van der Waals surface area contributed by atoms with Gasteiger partial charge in [-0.15, -0.1) is 0 Å². The van der Waals surface area contributed by atoms with Gasteiger partial charge < -0.3 is 10.1 Å². The van der Waals surface area contributed by atoms with Crippen molar-refractivity contribution < 1.29 is 9.53 Å². The highest BCUT2D eigenvalue weighted by molar-refractivity contribution is 5.76. The predicted octanol–water partition coefficient (Wildman–Crippen LogP) is 3.04. The number of hydrogen-bond acceptors (Lipinski definition) is 3. The molecule has 1 amide bonds. The number of fused-ring (bicyclic) bond motifs is 1. The molecule has 4 nitrogen and oxygen atoms in total. The lowest BCUT2D eigenvalue weighted by atomic mass is 10.0. The van der Waals surface area contributed by atoms with Crippen molar-refractivity contribution in [3.05, 3.63) is 59.4 Å². The van der Waals surface area contributed by atoms with Gasteiger partial charge in [0.2, 0.25) is 5.91 Å². The maximum absolute atomic E-state index is 12.0. The Labute approximate surface area is 136 Å². The summed E-state index contributed by atoms with van der Waals surface area (Å²) in [5.41, 5.74) is 3.28. The van der Waals surface area contributed by atoms with E-state index in [2.05, 4.69) is 30.2 Å². The first-order valence-electron chi connectivity index (χ1n) is 7.98. The van der Waals surface area contributed by atoms with E-state index in [1.54, 1.807) is 12.4 Å². The van der Waals surface area contributed by atoms with Crippen molar-refractivity contribution in [2.75, 3.05) is 0 Å². The molecule has 4 heteroatoms. The molecule has 3 rings (SSSR count). The normalized spacial score (nSPS) is 14.9. The van der Waals surface area contributed by atoms with Gasteiger partial charge in [-0.25, -0.2) is 0 Å². The molecule has 1 N–H and O–H groups in total. The monoisotopic (exact) mass is 310 g/mol. The maximum atomic E-state index is 12.0. The van der Waals surface area contributed by atoms with Gasteiger partial charge in [0, 0.05) is 31.8 Å². The van der Waals surface area contributed by atoms with E-state index >= 15 is 0 Å². The van der Waals surface area contributed by atoms with Crippen LogP contribution >= 0.6 is 0 Å². The van der Waals surface area contributed by atoms with Gasteiger partial charge in [0.15, 0.2) is 0 Å². The number of carbonyl (C=O) groups is 1. The second kappa shape index (κ2) is 6.41. The molecule has 0 unspecified atom stereocenters. The molecule has 0 saturated carbocycles. The molecule has 1 aliphatic rings. The van der Waals surface area contributed by atoms with Gasteiger partial charge in [-0.05, 0) is 49.1 Å². The molecule has 2 aromatic rings. The van der Waals surface area contributed by atoms with Crippen molar-refractivity contribution in [3.63, 3.8) is 0 Å². The van der Waals surface area contributed by atoms with E-state index in [1.165, 1.54) is 5.56 Å². The topological polar surface area (TPSA) is 51.2 Å². The van der Waals surface area contributed by atoms with Crippen LogP contribution in [0.15, 0.2) is 42.7 Å². The lowest BCUT2D eigenvalue weighted by Gasteiger charge is -2.16. The average molecular weight is 310 g/mol. The Bertz CT molecular complexity index is 696. The van der Waals surface area contributed by atoms with E-state index in [9.17, 15) is 4.79 Å². The van der Waals surface area contributed by atoms with Gasteiger partial charge in [-0.3, -0.25) is 9.78 Å². The third-order valence-electron chi connectivity index (χ3n) is 3.98. The minimum absolute atomic E-state index is 0.0610. The second-order valence-electron chi connectivity index (χ2n) is 6.62. The molecule has 120 valence electrons. The average Bonchev–Trinajstić information content (AvgIpc) is 2.85. The maximum Gasteiger partial charge on any atom is 0.220 e. The van der Waals surface area contributed by atoms with Crippen LogP contribution in [0.5, 0.6) is 5.75 Å². The summed E-state index contributed by atoms with van der Waals surface area (Å²) in [5.74, 6) is 1.02. The molecule has 23 heavy (non-hydrogen) atoms. The Morgan fingerprint density at radius 1 is 1.30 bits per heavy atom. The third-order valence-corrected chi connectivity index (χ3v) is 3.98. The van der Waals surface area contributed by atoms with Crippen molar-refractivity contribution in [1.82, 2.24) is 10.3 Å². The molecule has 2 heterocycles. The molecule has 0 saturated heterocycles. The summed E-state index contributed by atoms with van der Waals surface area (Å²) in [4.78, 5) is 16.0. The molecule has 0 atom stereocenters. The summed E-state index contributed by atoms with van der Waals surface area (Å²) in [6.45, 7) is 4.74.